The van der Waals surface area contributed by atoms with Gasteiger partial charge in [0.05, 0.1) is 5.69 Å². The van der Waals surface area contributed by atoms with Crippen LogP contribution in [0.5, 0.6) is 0 Å². The fraction of sp³-hybridized carbons (Fsp3) is 0.182. The van der Waals surface area contributed by atoms with Gasteiger partial charge in [0.2, 0.25) is 0 Å². The number of hydrogen-bond donors (Lipinski definition) is 0. The van der Waals surface area contributed by atoms with Crippen molar-refractivity contribution in [1.29, 1.82) is 0 Å². The van der Waals surface area contributed by atoms with Crippen LogP contribution in [0, 0.1) is 11.9 Å². The monoisotopic (exact) mass is 189 g/mol. The predicted molar refractivity (Wildman–Crippen MR) is 51.3 cm³/mol. The van der Waals surface area contributed by atoms with Crippen molar-refractivity contribution in [1.82, 2.24) is 9.78 Å². The normalized spacial score (nSPS) is 10.4. The van der Waals surface area contributed by atoms with Crippen LogP contribution in [-0.2, 0) is 13.5 Å². The van der Waals surface area contributed by atoms with E-state index in [0.29, 0.717) is 6.42 Å². The quantitative estimate of drug-likeness (QED) is 0.706. The highest BCUT2D eigenvalue weighted by atomic mass is 19.1. The van der Waals surface area contributed by atoms with Gasteiger partial charge in [-0.1, -0.05) is 12.1 Å². The van der Waals surface area contributed by atoms with E-state index in [-0.39, 0.29) is 5.82 Å². The Morgan fingerprint density at radius 3 is 3.00 bits per heavy atom. The molecule has 2 nitrogen and oxygen atoms in total. The fourth-order valence-electron chi connectivity index (χ4n) is 1.34. The van der Waals surface area contributed by atoms with E-state index in [0.717, 1.165) is 11.3 Å². The molecular formula is C11H10FN2. The van der Waals surface area contributed by atoms with Crippen LogP contribution in [0.4, 0.5) is 4.39 Å². The Labute approximate surface area is 82.0 Å². The number of hydrogen-bond acceptors (Lipinski definition) is 1. The van der Waals surface area contributed by atoms with Crippen LogP contribution in [0.25, 0.3) is 0 Å². The van der Waals surface area contributed by atoms with Gasteiger partial charge in [0.25, 0.3) is 0 Å². The van der Waals surface area contributed by atoms with Gasteiger partial charge < -0.3 is 0 Å². The van der Waals surface area contributed by atoms with Crippen LogP contribution < -0.4 is 0 Å². The van der Waals surface area contributed by atoms with Gasteiger partial charge in [-0.15, -0.1) is 0 Å². The number of benzene rings is 1. The summed E-state index contributed by atoms with van der Waals surface area (Å²) in [5.74, 6) is -0.210. The fourth-order valence-corrected chi connectivity index (χ4v) is 1.34. The summed E-state index contributed by atoms with van der Waals surface area (Å²) >= 11 is 0. The molecule has 0 N–H and O–H groups in total. The molecule has 1 aromatic carbocycles. The van der Waals surface area contributed by atoms with Gasteiger partial charge in [-0.3, -0.25) is 4.68 Å². The summed E-state index contributed by atoms with van der Waals surface area (Å²) in [5, 5.41) is 4.17. The standard InChI is InChI=1S/C11H10FN2/c1-14-6-5-11(13-14)8-9-3-2-4-10(12)7-9/h2-4,6-7H,8H2,1H3. The van der Waals surface area contributed by atoms with Crippen molar-refractivity contribution in [2.45, 2.75) is 6.42 Å². The van der Waals surface area contributed by atoms with Crippen molar-refractivity contribution in [3.8, 4) is 0 Å². The van der Waals surface area contributed by atoms with Gasteiger partial charge in [-0.2, -0.15) is 5.10 Å². The zero-order valence-electron chi connectivity index (χ0n) is 7.87. The third-order valence-electron chi connectivity index (χ3n) is 1.96. The second-order valence-electron chi connectivity index (χ2n) is 3.20. The largest absolute Gasteiger partial charge is 0.275 e. The highest BCUT2D eigenvalue weighted by Gasteiger charge is 2.00. The minimum absolute atomic E-state index is 0.210. The first kappa shape index (κ1) is 8.94. The maximum Gasteiger partial charge on any atom is 0.123 e. The van der Waals surface area contributed by atoms with Crippen LogP contribution in [-0.4, -0.2) is 9.78 Å². The van der Waals surface area contributed by atoms with Crippen molar-refractivity contribution < 1.29 is 4.39 Å². The maximum absolute atomic E-state index is 12.8. The molecule has 1 heterocycles. The molecule has 1 radical (unpaired) electrons. The summed E-state index contributed by atoms with van der Waals surface area (Å²) in [5.41, 5.74) is 1.75. The molecule has 0 unspecified atom stereocenters. The van der Waals surface area contributed by atoms with Crippen LogP contribution in [0.15, 0.2) is 30.5 Å². The molecule has 0 amide bonds. The summed E-state index contributed by atoms with van der Waals surface area (Å²) in [6.45, 7) is 0. The van der Waals surface area contributed by atoms with Crippen LogP contribution >= 0.6 is 0 Å². The van der Waals surface area contributed by atoms with Gasteiger partial charge in [0.15, 0.2) is 0 Å². The summed E-state index contributed by atoms with van der Waals surface area (Å²) in [7, 11) is 1.84. The Kier molecular flexibility index (Phi) is 2.31. The highest BCUT2D eigenvalue weighted by molar-refractivity contribution is 5.21. The molecule has 0 atom stereocenters. The molecule has 0 fully saturated rings. The molecule has 14 heavy (non-hydrogen) atoms. The highest BCUT2D eigenvalue weighted by Crippen LogP contribution is 2.08. The molecule has 0 bridgehead atoms. The minimum Gasteiger partial charge on any atom is -0.275 e. The van der Waals surface area contributed by atoms with Gasteiger partial charge in [0, 0.05) is 25.7 Å². The molecular weight excluding hydrogens is 179 g/mol. The average molecular weight is 189 g/mol. The minimum atomic E-state index is -0.210. The van der Waals surface area contributed by atoms with Gasteiger partial charge >= 0.3 is 0 Å². The molecule has 0 aliphatic heterocycles. The molecule has 71 valence electrons. The van der Waals surface area contributed by atoms with E-state index in [1.165, 1.54) is 12.1 Å². The number of aromatic nitrogens is 2. The Bertz CT molecular complexity index is 434. The lowest BCUT2D eigenvalue weighted by Crippen LogP contribution is -1.93. The molecule has 0 aliphatic carbocycles. The Morgan fingerprint density at radius 2 is 2.36 bits per heavy atom. The summed E-state index contributed by atoms with van der Waals surface area (Å²) in [6.07, 6.45) is 2.38. The van der Waals surface area contributed by atoms with Crippen molar-refractivity contribution in [3.05, 3.63) is 53.6 Å². The number of nitrogens with zero attached hydrogens (tertiary/aromatic N) is 2. The predicted octanol–water partition coefficient (Wildman–Crippen LogP) is 1.95. The van der Waals surface area contributed by atoms with Gasteiger partial charge in [-0.25, -0.2) is 4.39 Å². The molecule has 1 aromatic heterocycles. The molecule has 0 saturated carbocycles. The lowest BCUT2D eigenvalue weighted by atomic mass is 10.1. The number of rotatable bonds is 2. The summed E-state index contributed by atoms with van der Waals surface area (Å²) in [4.78, 5) is 0. The van der Waals surface area contributed by atoms with E-state index in [2.05, 4.69) is 11.2 Å². The van der Waals surface area contributed by atoms with E-state index in [1.807, 2.05) is 13.1 Å². The lowest BCUT2D eigenvalue weighted by Gasteiger charge is -1.97. The van der Waals surface area contributed by atoms with Crippen LogP contribution in [0.1, 0.15) is 11.3 Å². The van der Waals surface area contributed by atoms with E-state index < -0.39 is 0 Å². The van der Waals surface area contributed by atoms with E-state index in [1.54, 1.807) is 16.9 Å². The first-order valence-electron chi connectivity index (χ1n) is 4.39. The molecule has 0 aliphatic rings. The third kappa shape index (κ3) is 1.99. The molecule has 2 aromatic rings. The van der Waals surface area contributed by atoms with Crippen LogP contribution in [0.2, 0.25) is 0 Å². The van der Waals surface area contributed by atoms with Gasteiger partial charge in [0.1, 0.15) is 5.82 Å². The lowest BCUT2D eigenvalue weighted by molar-refractivity contribution is 0.625. The Hall–Kier alpha value is -1.64. The van der Waals surface area contributed by atoms with Crippen molar-refractivity contribution in [3.63, 3.8) is 0 Å². The van der Waals surface area contributed by atoms with Gasteiger partial charge in [-0.05, 0) is 17.7 Å². The Morgan fingerprint density at radius 1 is 1.50 bits per heavy atom. The van der Waals surface area contributed by atoms with Crippen LogP contribution in [0.3, 0.4) is 0 Å². The maximum atomic E-state index is 12.8. The van der Waals surface area contributed by atoms with E-state index in [9.17, 15) is 4.39 Å². The van der Waals surface area contributed by atoms with Crippen molar-refractivity contribution in [2.24, 2.45) is 7.05 Å². The zero-order chi connectivity index (χ0) is 9.97. The Balaban J connectivity index is 2.18. The second-order valence-corrected chi connectivity index (χ2v) is 3.20. The third-order valence-corrected chi connectivity index (χ3v) is 1.96. The smallest absolute Gasteiger partial charge is 0.123 e. The number of halogens is 1. The molecule has 2 rings (SSSR count). The van der Waals surface area contributed by atoms with E-state index in [4.69, 9.17) is 0 Å². The molecule has 3 heteroatoms. The SMILES string of the molecule is Cn1c[c]c(Cc2cccc(F)c2)n1. The summed E-state index contributed by atoms with van der Waals surface area (Å²) in [6, 6.07) is 9.54. The zero-order valence-corrected chi connectivity index (χ0v) is 7.87. The first-order valence-corrected chi connectivity index (χ1v) is 4.39. The topological polar surface area (TPSA) is 17.8 Å². The van der Waals surface area contributed by atoms with Crippen molar-refractivity contribution in [2.75, 3.05) is 0 Å². The van der Waals surface area contributed by atoms with Crippen molar-refractivity contribution >= 4 is 0 Å². The second kappa shape index (κ2) is 3.62. The molecule has 0 spiro atoms. The first-order chi connectivity index (χ1) is 6.74. The summed E-state index contributed by atoms with van der Waals surface area (Å²) < 4.78 is 14.5. The molecule has 0 saturated heterocycles. The van der Waals surface area contributed by atoms with E-state index >= 15 is 0 Å². The number of aryl methyl sites for hydroxylation is 1. The average Bonchev–Trinajstić information content (AvgIpc) is 2.51.